The van der Waals surface area contributed by atoms with Gasteiger partial charge in [-0.3, -0.25) is 10.1 Å². The Kier molecular flexibility index (Phi) is 4.96. The third kappa shape index (κ3) is 4.25. The molecule has 0 aromatic carbocycles. The second-order valence-corrected chi connectivity index (χ2v) is 4.78. The summed E-state index contributed by atoms with van der Waals surface area (Å²) >= 11 is 0. The zero-order valence-electron chi connectivity index (χ0n) is 11.1. The van der Waals surface area contributed by atoms with Crippen LogP contribution in [0.25, 0.3) is 0 Å². The standard InChI is InChI=1S/C11H19N5O2/c1-8(2)10(7-15(3)4)14-11-12-5-9(6-13-11)16(17)18/h5-6,8,10H,7H2,1-4H3,(H,12,13,14). The molecular weight excluding hydrogens is 234 g/mol. The van der Waals surface area contributed by atoms with E-state index in [1.165, 1.54) is 12.4 Å². The van der Waals surface area contributed by atoms with Crippen molar-refractivity contribution < 1.29 is 4.92 Å². The zero-order valence-corrected chi connectivity index (χ0v) is 11.1. The molecule has 0 aliphatic carbocycles. The van der Waals surface area contributed by atoms with E-state index in [0.29, 0.717) is 11.9 Å². The molecule has 1 rings (SSSR count). The SMILES string of the molecule is CC(C)C(CN(C)C)Nc1ncc([N+](=O)[O-])cn1. The molecule has 1 unspecified atom stereocenters. The minimum Gasteiger partial charge on any atom is -0.350 e. The van der Waals surface area contributed by atoms with Gasteiger partial charge in [0.05, 0.1) is 4.92 Å². The number of hydrogen-bond donors (Lipinski definition) is 1. The van der Waals surface area contributed by atoms with Crippen molar-refractivity contribution in [3.8, 4) is 0 Å². The van der Waals surface area contributed by atoms with Crippen molar-refractivity contribution in [1.82, 2.24) is 14.9 Å². The van der Waals surface area contributed by atoms with Gasteiger partial charge in [0.25, 0.3) is 0 Å². The van der Waals surface area contributed by atoms with Crippen molar-refractivity contribution >= 4 is 11.6 Å². The van der Waals surface area contributed by atoms with E-state index in [9.17, 15) is 10.1 Å². The Balaban J connectivity index is 2.72. The molecule has 0 amide bonds. The maximum Gasteiger partial charge on any atom is 0.305 e. The van der Waals surface area contributed by atoms with Gasteiger partial charge < -0.3 is 10.2 Å². The van der Waals surface area contributed by atoms with Gasteiger partial charge in [-0.2, -0.15) is 0 Å². The maximum atomic E-state index is 10.5. The Morgan fingerprint density at radius 2 is 1.94 bits per heavy atom. The van der Waals surface area contributed by atoms with E-state index < -0.39 is 4.92 Å². The highest BCUT2D eigenvalue weighted by Gasteiger charge is 2.16. The number of nitro groups is 1. The Hall–Kier alpha value is -1.76. The van der Waals surface area contributed by atoms with Crippen LogP contribution in [0.1, 0.15) is 13.8 Å². The van der Waals surface area contributed by atoms with E-state index >= 15 is 0 Å². The van der Waals surface area contributed by atoms with Crippen LogP contribution in [0.3, 0.4) is 0 Å². The summed E-state index contributed by atoms with van der Waals surface area (Å²) < 4.78 is 0. The Morgan fingerprint density at radius 1 is 1.39 bits per heavy atom. The van der Waals surface area contributed by atoms with Crippen LogP contribution in [0.2, 0.25) is 0 Å². The average molecular weight is 253 g/mol. The minimum atomic E-state index is -0.510. The maximum absolute atomic E-state index is 10.5. The molecule has 1 atom stereocenters. The van der Waals surface area contributed by atoms with Crippen molar-refractivity contribution in [3.63, 3.8) is 0 Å². The molecule has 0 fully saturated rings. The molecule has 1 heterocycles. The van der Waals surface area contributed by atoms with Crippen molar-refractivity contribution in [1.29, 1.82) is 0 Å². The van der Waals surface area contributed by atoms with Gasteiger partial charge in [0.15, 0.2) is 0 Å². The smallest absolute Gasteiger partial charge is 0.305 e. The summed E-state index contributed by atoms with van der Waals surface area (Å²) in [5, 5.41) is 13.7. The lowest BCUT2D eigenvalue weighted by Crippen LogP contribution is -2.36. The molecule has 1 aromatic heterocycles. The van der Waals surface area contributed by atoms with Crippen molar-refractivity contribution in [2.45, 2.75) is 19.9 Å². The van der Waals surface area contributed by atoms with Crippen LogP contribution >= 0.6 is 0 Å². The van der Waals surface area contributed by atoms with E-state index in [2.05, 4.69) is 34.0 Å². The monoisotopic (exact) mass is 253 g/mol. The van der Waals surface area contributed by atoms with Crippen LogP contribution in [-0.2, 0) is 0 Å². The van der Waals surface area contributed by atoms with E-state index in [1.54, 1.807) is 0 Å². The average Bonchev–Trinajstić information content (AvgIpc) is 2.28. The molecule has 0 saturated heterocycles. The van der Waals surface area contributed by atoms with Crippen LogP contribution in [-0.4, -0.2) is 46.5 Å². The van der Waals surface area contributed by atoms with E-state index in [0.717, 1.165) is 6.54 Å². The highest BCUT2D eigenvalue weighted by molar-refractivity contribution is 5.31. The molecule has 7 nitrogen and oxygen atoms in total. The van der Waals surface area contributed by atoms with E-state index in [4.69, 9.17) is 0 Å². The lowest BCUT2D eigenvalue weighted by molar-refractivity contribution is -0.385. The molecule has 0 spiro atoms. The molecule has 7 heteroatoms. The first kappa shape index (κ1) is 14.3. The predicted octanol–water partition coefficient (Wildman–Crippen LogP) is 1.38. The number of rotatable bonds is 6. The van der Waals surface area contributed by atoms with E-state index in [-0.39, 0.29) is 11.7 Å². The normalized spacial score (nSPS) is 12.8. The van der Waals surface area contributed by atoms with Crippen LogP contribution in [0.5, 0.6) is 0 Å². The minimum absolute atomic E-state index is 0.103. The fourth-order valence-corrected chi connectivity index (χ4v) is 1.47. The number of hydrogen-bond acceptors (Lipinski definition) is 6. The summed E-state index contributed by atoms with van der Waals surface area (Å²) in [4.78, 5) is 19.9. The summed E-state index contributed by atoms with van der Waals surface area (Å²) in [6.07, 6.45) is 2.42. The van der Waals surface area contributed by atoms with Gasteiger partial charge in [-0.25, -0.2) is 9.97 Å². The van der Waals surface area contributed by atoms with Crippen molar-refractivity contribution in [3.05, 3.63) is 22.5 Å². The Labute approximate surface area is 106 Å². The quantitative estimate of drug-likeness (QED) is 0.609. The lowest BCUT2D eigenvalue weighted by Gasteiger charge is -2.25. The van der Waals surface area contributed by atoms with Gasteiger partial charge in [-0.05, 0) is 20.0 Å². The number of anilines is 1. The van der Waals surface area contributed by atoms with Crippen molar-refractivity contribution in [2.75, 3.05) is 26.0 Å². The van der Waals surface area contributed by atoms with Gasteiger partial charge in [0.2, 0.25) is 5.95 Å². The first-order chi connectivity index (χ1) is 8.40. The van der Waals surface area contributed by atoms with Crippen LogP contribution in [0.4, 0.5) is 11.6 Å². The molecule has 0 radical (unpaired) electrons. The molecule has 1 N–H and O–H groups in total. The Bertz CT molecular complexity index is 391. The van der Waals surface area contributed by atoms with Gasteiger partial charge >= 0.3 is 5.69 Å². The Morgan fingerprint density at radius 3 is 2.33 bits per heavy atom. The molecule has 0 aliphatic heterocycles. The number of likely N-dealkylation sites (N-methyl/N-ethyl adjacent to an activating group) is 1. The highest BCUT2D eigenvalue weighted by Crippen LogP contribution is 2.12. The summed E-state index contributed by atoms with van der Waals surface area (Å²) in [6, 6.07) is 0.196. The first-order valence-electron chi connectivity index (χ1n) is 5.78. The number of aromatic nitrogens is 2. The number of nitrogens with zero attached hydrogens (tertiary/aromatic N) is 4. The second kappa shape index (κ2) is 6.25. The summed E-state index contributed by atoms with van der Waals surface area (Å²) in [7, 11) is 3.99. The molecular formula is C11H19N5O2. The third-order valence-electron chi connectivity index (χ3n) is 2.53. The fraction of sp³-hybridized carbons (Fsp3) is 0.636. The highest BCUT2D eigenvalue weighted by atomic mass is 16.6. The van der Waals surface area contributed by atoms with Crippen molar-refractivity contribution in [2.24, 2.45) is 5.92 Å². The van der Waals surface area contributed by atoms with Crippen LogP contribution in [0.15, 0.2) is 12.4 Å². The summed E-state index contributed by atoms with van der Waals surface area (Å²) in [5.74, 6) is 0.826. The molecule has 0 bridgehead atoms. The van der Waals surface area contributed by atoms with E-state index in [1.807, 2.05) is 14.1 Å². The molecule has 1 aromatic rings. The second-order valence-electron chi connectivity index (χ2n) is 4.78. The van der Waals surface area contributed by atoms with Gasteiger partial charge in [-0.15, -0.1) is 0 Å². The van der Waals surface area contributed by atoms with Gasteiger partial charge in [0, 0.05) is 12.6 Å². The molecule has 18 heavy (non-hydrogen) atoms. The molecule has 0 aliphatic rings. The van der Waals surface area contributed by atoms with Gasteiger partial charge in [0.1, 0.15) is 12.4 Å². The zero-order chi connectivity index (χ0) is 13.7. The third-order valence-corrected chi connectivity index (χ3v) is 2.53. The van der Waals surface area contributed by atoms with Crippen LogP contribution in [0, 0.1) is 16.0 Å². The summed E-state index contributed by atoms with van der Waals surface area (Å²) in [6.45, 7) is 5.05. The molecule has 100 valence electrons. The topological polar surface area (TPSA) is 84.2 Å². The molecule has 0 saturated carbocycles. The summed E-state index contributed by atoms with van der Waals surface area (Å²) in [5.41, 5.74) is -0.103. The largest absolute Gasteiger partial charge is 0.350 e. The predicted molar refractivity (Wildman–Crippen MR) is 69.5 cm³/mol. The van der Waals surface area contributed by atoms with Crippen LogP contribution < -0.4 is 5.32 Å². The van der Waals surface area contributed by atoms with Gasteiger partial charge in [-0.1, -0.05) is 13.8 Å². The fourth-order valence-electron chi connectivity index (χ4n) is 1.47. The lowest BCUT2D eigenvalue weighted by atomic mass is 10.0. The number of nitrogens with one attached hydrogen (secondary N) is 1. The first-order valence-corrected chi connectivity index (χ1v) is 5.78.